The topological polar surface area (TPSA) is 69.0 Å². The lowest BCUT2D eigenvalue weighted by Crippen LogP contribution is -2.15. The minimum absolute atomic E-state index is 0.165. The summed E-state index contributed by atoms with van der Waals surface area (Å²) in [5, 5.41) is 13.2. The smallest absolute Gasteiger partial charge is 0.234 e. The van der Waals surface area contributed by atoms with E-state index >= 15 is 0 Å². The van der Waals surface area contributed by atoms with E-state index in [-0.39, 0.29) is 17.8 Å². The molecule has 1 amide bonds. The van der Waals surface area contributed by atoms with Crippen LogP contribution >= 0.6 is 46.6 Å². The Bertz CT molecular complexity index is 1040. The van der Waals surface area contributed by atoms with Crippen LogP contribution in [0.3, 0.4) is 0 Å². The molecular formula is C20H19Cl3N4O2S. The third-order valence-corrected chi connectivity index (χ3v) is 6.12. The molecule has 0 aliphatic carbocycles. The minimum Gasteiger partial charge on any atom is -0.481 e. The number of carbonyl (C=O) groups is 1. The van der Waals surface area contributed by atoms with Crippen LogP contribution in [0.25, 0.3) is 0 Å². The van der Waals surface area contributed by atoms with Crippen LogP contribution in [0.15, 0.2) is 47.6 Å². The number of aromatic nitrogens is 3. The standard InChI is InChI=1S/C20H19Cl3N4O2S/c1-3-27-19(12(2)29-17-7-5-4-6-15(17)22)25-26-20(27)30-11-18(28)24-13-8-9-14(21)16(23)10-13/h4-10,12H,3,11H2,1-2H3,(H,24,28). The quantitative estimate of drug-likeness (QED) is 0.389. The highest BCUT2D eigenvalue weighted by Gasteiger charge is 2.20. The van der Waals surface area contributed by atoms with Gasteiger partial charge in [-0.05, 0) is 44.2 Å². The molecule has 3 aromatic rings. The largest absolute Gasteiger partial charge is 0.481 e. The Labute approximate surface area is 193 Å². The number of thioether (sulfide) groups is 1. The molecule has 30 heavy (non-hydrogen) atoms. The van der Waals surface area contributed by atoms with Crippen LogP contribution in [0.1, 0.15) is 25.8 Å². The van der Waals surface area contributed by atoms with E-state index in [4.69, 9.17) is 39.5 Å². The van der Waals surface area contributed by atoms with Gasteiger partial charge in [-0.1, -0.05) is 58.7 Å². The van der Waals surface area contributed by atoms with Crippen molar-refractivity contribution in [2.24, 2.45) is 0 Å². The van der Waals surface area contributed by atoms with E-state index in [0.29, 0.717) is 44.0 Å². The van der Waals surface area contributed by atoms with Gasteiger partial charge in [0.05, 0.1) is 20.8 Å². The summed E-state index contributed by atoms with van der Waals surface area (Å²) in [6.07, 6.45) is -0.364. The summed E-state index contributed by atoms with van der Waals surface area (Å²) in [4.78, 5) is 12.3. The number of nitrogens with zero attached hydrogens (tertiary/aromatic N) is 3. The molecule has 6 nitrogen and oxygen atoms in total. The zero-order valence-corrected chi connectivity index (χ0v) is 19.3. The van der Waals surface area contributed by atoms with Crippen molar-refractivity contribution in [3.8, 4) is 5.75 Å². The van der Waals surface area contributed by atoms with Crippen molar-refractivity contribution < 1.29 is 9.53 Å². The first-order valence-corrected chi connectivity index (χ1v) is 11.2. The molecule has 1 aromatic heterocycles. The number of para-hydroxylation sites is 1. The summed E-state index contributed by atoms with van der Waals surface area (Å²) in [5.41, 5.74) is 0.578. The van der Waals surface area contributed by atoms with Crippen molar-refractivity contribution >= 4 is 58.2 Å². The van der Waals surface area contributed by atoms with E-state index in [2.05, 4.69) is 15.5 Å². The number of halogens is 3. The second-order valence-electron chi connectivity index (χ2n) is 6.24. The SMILES string of the molecule is CCn1c(SCC(=O)Nc2ccc(Cl)c(Cl)c2)nnc1C(C)Oc1ccccc1Cl. The zero-order chi connectivity index (χ0) is 21.7. The summed E-state index contributed by atoms with van der Waals surface area (Å²) >= 11 is 19.3. The Morgan fingerprint density at radius 3 is 2.60 bits per heavy atom. The maximum atomic E-state index is 12.3. The number of rotatable bonds is 8. The third kappa shape index (κ3) is 5.60. The van der Waals surface area contributed by atoms with Gasteiger partial charge >= 0.3 is 0 Å². The molecule has 0 saturated carbocycles. The number of carbonyl (C=O) groups excluding carboxylic acids is 1. The second kappa shape index (κ2) is 10.4. The molecule has 3 rings (SSSR count). The molecule has 1 unspecified atom stereocenters. The number of hydrogen-bond donors (Lipinski definition) is 1. The van der Waals surface area contributed by atoms with E-state index in [0.717, 1.165) is 0 Å². The highest BCUT2D eigenvalue weighted by Crippen LogP contribution is 2.29. The Morgan fingerprint density at radius 1 is 1.13 bits per heavy atom. The van der Waals surface area contributed by atoms with Crippen molar-refractivity contribution in [3.63, 3.8) is 0 Å². The van der Waals surface area contributed by atoms with Crippen LogP contribution in [0.5, 0.6) is 5.75 Å². The lowest BCUT2D eigenvalue weighted by molar-refractivity contribution is -0.113. The summed E-state index contributed by atoms with van der Waals surface area (Å²) in [7, 11) is 0. The molecule has 1 heterocycles. The molecular weight excluding hydrogens is 467 g/mol. The van der Waals surface area contributed by atoms with Crippen LogP contribution in [0, 0.1) is 0 Å². The number of hydrogen-bond acceptors (Lipinski definition) is 5. The molecule has 0 aliphatic rings. The lowest BCUT2D eigenvalue weighted by atomic mass is 10.3. The summed E-state index contributed by atoms with van der Waals surface area (Å²) < 4.78 is 7.86. The summed E-state index contributed by atoms with van der Waals surface area (Å²) in [5.74, 6) is 1.21. The molecule has 0 spiro atoms. The van der Waals surface area contributed by atoms with Crippen LogP contribution < -0.4 is 10.1 Å². The Hall–Kier alpha value is -1.93. The van der Waals surface area contributed by atoms with Gasteiger partial charge < -0.3 is 14.6 Å². The normalized spacial score (nSPS) is 11.9. The van der Waals surface area contributed by atoms with E-state index < -0.39 is 0 Å². The summed E-state index contributed by atoms with van der Waals surface area (Å²) in [6, 6.07) is 12.2. The van der Waals surface area contributed by atoms with Gasteiger partial charge in [0.25, 0.3) is 0 Å². The van der Waals surface area contributed by atoms with Gasteiger partial charge in [0, 0.05) is 12.2 Å². The zero-order valence-electron chi connectivity index (χ0n) is 16.2. The number of ether oxygens (including phenoxy) is 1. The predicted octanol–water partition coefficient (Wildman–Crippen LogP) is 6.13. The monoisotopic (exact) mass is 484 g/mol. The predicted molar refractivity (Wildman–Crippen MR) is 122 cm³/mol. The molecule has 10 heteroatoms. The highest BCUT2D eigenvalue weighted by atomic mass is 35.5. The summed E-state index contributed by atoms with van der Waals surface area (Å²) in [6.45, 7) is 4.50. The maximum absolute atomic E-state index is 12.3. The molecule has 0 bridgehead atoms. The van der Waals surface area contributed by atoms with Gasteiger partial charge in [0.1, 0.15) is 5.75 Å². The molecule has 0 aliphatic heterocycles. The Morgan fingerprint density at radius 2 is 1.90 bits per heavy atom. The first-order valence-electron chi connectivity index (χ1n) is 9.11. The minimum atomic E-state index is -0.364. The van der Waals surface area contributed by atoms with Crippen LogP contribution in [-0.2, 0) is 11.3 Å². The fourth-order valence-electron chi connectivity index (χ4n) is 2.69. The van der Waals surface area contributed by atoms with Gasteiger partial charge in [-0.25, -0.2) is 0 Å². The van der Waals surface area contributed by atoms with Crippen LogP contribution in [-0.4, -0.2) is 26.4 Å². The van der Waals surface area contributed by atoms with E-state index in [1.54, 1.807) is 30.3 Å². The average Bonchev–Trinajstić information content (AvgIpc) is 3.14. The average molecular weight is 486 g/mol. The fraction of sp³-hybridized carbons (Fsp3) is 0.250. The molecule has 1 atom stereocenters. The molecule has 1 N–H and O–H groups in total. The number of amides is 1. The van der Waals surface area contributed by atoms with Crippen molar-refractivity contribution in [3.05, 3.63) is 63.4 Å². The number of anilines is 1. The first kappa shape index (κ1) is 22.7. The third-order valence-electron chi connectivity index (χ3n) is 4.10. The molecule has 2 aromatic carbocycles. The van der Waals surface area contributed by atoms with Gasteiger partial charge in [-0.3, -0.25) is 4.79 Å². The fourth-order valence-corrected chi connectivity index (χ4v) is 3.98. The second-order valence-corrected chi connectivity index (χ2v) is 8.41. The van der Waals surface area contributed by atoms with Gasteiger partial charge in [-0.15, -0.1) is 10.2 Å². The van der Waals surface area contributed by atoms with E-state index in [9.17, 15) is 4.79 Å². The molecule has 0 saturated heterocycles. The molecule has 158 valence electrons. The van der Waals surface area contributed by atoms with E-state index in [1.807, 2.05) is 30.5 Å². The molecule has 0 radical (unpaired) electrons. The van der Waals surface area contributed by atoms with Crippen molar-refractivity contribution in [2.45, 2.75) is 31.7 Å². The van der Waals surface area contributed by atoms with Crippen molar-refractivity contribution in [1.82, 2.24) is 14.8 Å². The van der Waals surface area contributed by atoms with Crippen LogP contribution in [0.4, 0.5) is 5.69 Å². The lowest BCUT2D eigenvalue weighted by Gasteiger charge is -2.16. The number of nitrogens with one attached hydrogen (secondary N) is 1. The Kier molecular flexibility index (Phi) is 7.88. The maximum Gasteiger partial charge on any atom is 0.234 e. The molecule has 0 fully saturated rings. The van der Waals surface area contributed by atoms with Gasteiger partial charge in [0.2, 0.25) is 5.91 Å². The van der Waals surface area contributed by atoms with Gasteiger partial charge in [-0.2, -0.15) is 0 Å². The van der Waals surface area contributed by atoms with Gasteiger partial charge in [0.15, 0.2) is 17.1 Å². The van der Waals surface area contributed by atoms with Crippen LogP contribution in [0.2, 0.25) is 15.1 Å². The number of benzene rings is 2. The first-order chi connectivity index (χ1) is 14.4. The van der Waals surface area contributed by atoms with Crippen molar-refractivity contribution in [2.75, 3.05) is 11.1 Å². The Balaban J connectivity index is 1.64. The highest BCUT2D eigenvalue weighted by molar-refractivity contribution is 7.99. The van der Waals surface area contributed by atoms with Crippen molar-refractivity contribution in [1.29, 1.82) is 0 Å². The van der Waals surface area contributed by atoms with E-state index in [1.165, 1.54) is 11.8 Å².